The van der Waals surface area contributed by atoms with Crippen LogP contribution in [0.2, 0.25) is 0 Å². The summed E-state index contributed by atoms with van der Waals surface area (Å²) in [5.74, 6) is -1.13. The number of carbonyl (C=O) groups is 3. The third kappa shape index (κ3) is 11.8. The number of carbonyl (C=O) groups excluding carboxylic acids is 2. The molecule has 0 bridgehead atoms. The Labute approximate surface area is 124 Å². The zero-order valence-corrected chi connectivity index (χ0v) is 12.8. The number of nitrogens with zero attached hydrogens (tertiary/aromatic N) is 1. The predicted molar refractivity (Wildman–Crippen MR) is 76.9 cm³/mol. The molecule has 122 valence electrons. The summed E-state index contributed by atoms with van der Waals surface area (Å²) < 4.78 is 4.85. The Morgan fingerprint density at radius 1 is 1.24 bits per heavy atom. The van der Waals surface area contributed by atoms with Crippen molar-refractivity contribution in [2.24, 2.45) is 5.92 Å². The fourth-order valence-corrected chi connectivity index (χ4v) is 1.51. The number of urea groups is 1. The summed E-state index contributed by atoms with van der Waals surface area (Å²) in [6.07, 6.45) is 0.820. The van der Waals surface area contributed by atoms with Gasteiger partial charge in [0.25, 0.3) is 0 Å². The first-order valence-corrected chi connectivity index (χ1v) is 6.86. The Bertz CT molecular complexity index is 347. The van der Waals surface area contributed by atoms with Crippen LogP contribution in [0.5, 0.6) is 0 Å². The molecule has 21 heavy (non-hydrogen) atoms. The van der Waals surface area contributed by atoms with Crippen molar-refractivity contribution in [3.8, 4) is 0 Å². The van der Waals surface area contributed by atoms with Gasteiger partial charge in [-0.15, -0.1) is 0 Å². The van der Waals surface area contributed by atoms with Crippen molar-refractivity contribution in [3.05, 3.63) is 0 Å². The Kier molecular flexibility index (Phi) is 10.2. The van der Waals surface area contributed by atoms with Crippen molar-refractivity contribution in [3.63, 3.8) is 0 Å². The number of hydrogen-bond donors (Lipinski definition) is 3. The van der Waals surface area contributed by atoms with E-state index in [1.165, 1.54) is 12.0 Å². The number of carboxylic acids is 1. The molecule has 0 saturated heterocycles. The molecular formula is C13H25N3O5. The first-order valence-electron chi connectivity index (χ1n) is 6.86. The molecule has 0 aromatic heterocycles. The maximum absolute atomic E-state index is 11.7. The molecule has 0 aliphatic rings. The number of ether oxygens (including phenoxy) is 1. The van der Waals surface area contributed by atoms with E-state index < -0.39 is 17.9 Å². The van der Waals surface area contributed by atoms with E-state index in [9.17, 15) is 14.4 Å². The van der Waals surface area contributed by atoms with Gasteiger partial charge in [-0.25, -0.2) is 4.79 Å². The van der Waals surface area contributed by atoms with Crippen LogP contribution in [0.25, 0.3) is 0 Å². The lowest BCUT2D eigenvalue weighted by Crippen LogP contribution is -2.46. The highest BCUT2D eigenvalue weighted by Crippen LogP contribution is 1.96. The quantitative estimate of drug-likeness (QED) is 0.520. The van der Waals surface area contributed by atoms with Gasteiger partial charge in [0.1, 0.15) is 0 Å². The number of nitrogens with one attached hydrogen (secondary N) is 2. The minimum Gasteiger partial charge on any atom is -0.480 e. The molecule has 0 aromatic carbocycles. The van der Waals surface area contributed by atoms with Crippen LogP contribution in [0.1, 0.15) is 20.3 Å². The van der Waals surface area contributed by atoms with Crippen LogP contribution in [-0.4, -0.2) is 67.8 Å². The largest absolute Gasteiger partial charge is 0.480 e. The molecule has 0 rings (SSSR count). The molecule has 3 amide bonds. The van der Waals surface area contributed by atoms with Crippen LogP contribution >= 0.6 is 0 Å². The zero-order valence-electron chi connectivity index (χ0n) is 12.8. The first-order chi connectivity index (χ1) is 9.85. The fourth-order valence-electron chi connectivity index (χ4n) is 1.51. The van der Waals surface area contributed by atoms with Crippen molar-refractivity contribution < 1.29 is 24.2 Å². The summed E-state index contributed by atoms with van der Waals surface area (Å²) in [7, 11) is 1.49. The Morgan fingerprint density at radius 2 is 1.90 bits per heavy atom. The molecule has 0 aliphatic carbocycles. The van der Waals surface area contributed by atoms with E-state index >= 15 is 0 Å². The molecule has 0 atom stereocenters. The van der Waals surface area contributed by atoms with Gasteiger partial charge in [0.15, 0.2) is 0 Å². The molecule has 0 aliphatic heterocycles. The summed E-state index contributed by atoms with van der Waals surface area (Å²) in [6, 6.07) is -0.567. The van der Waals surface area contributed by atoms with E-state index in [1.807, 2.05) is 13.8 Å². The van der Waals surface area contributed by atoms with Gasteiger partial charge in [-0.3, -0.25) is 19.8 Å². The normalized spacial score (nSPS) is 10.7. The van der Waals surface area contributed by atoms with Crippen molar-refractivity contribution >= 4 is 17.9 Å². The number of carboxylic acid groups (broad SMARTS) is 1. The highest BCUT2D eigenvalue weighted by Gasteiger charge is 2.15. The molecule has 0 aromatic rings. The molecule has 0 heterocycles. The third-order valence-corrected chi connectivity index (χ3v) is 2.60. The topological polar surface area (TPSA) is 108 Å². The lowest BCUT2D eigenvalue weighted by Gasteiger charge is -2.18. The molecule has 8 heteroatoms. The second-order valence-electron chi connectivity index (χ2n) is 5.08. The first kappa shape index (κ1) is 19.3. The fraction of sp³-hybridized carbons (Fsp3) is 0.769. The SMILES string of the molecule is COCCN(CC(=O)O)CC(=O)NC(=O)NCCC(C)C. The van der Waals surface area contributed by atoms with Crippen LogP contribution in [-0.2, 0) is 14.3 Å². The number of amides is 3. The maximum atomic E-state index is 11.7. The highest BCUT2D eigenvalue weighted by molar-refractivity contribution is 5.95. The molecule has 3 N–H and O–H groups in total. The van der Waals surface area contributed by atoms with E-state index in [0.29, 0.717) is 25.6 Å². The van der Waals surface area contributed by atoms with Gasteiger partial charge in [-0.1, -0.05) is 13.8 Å². The predicted octanol–water partition coefficient (Wildman–Crippen LogP) is -0.109. The number of rotatable bonds is 10. The van der Waals surface area contributed by atoms with E-state index in [4.69, 9.17) is 9.84 Å². The summed E-state index contributed by atoms with van der Waals surface area (Å²) in [6.45, 7) is 4.69. The lowest BCUT2D eigenvalue weighted by atomic mass is 10.1. The zero-order chi connectivity index (χ0) is 16.3. The number of methoxy groups -OCH3 is 1. The Hall–Kier alpha value is -1.67. The van der Waals surface area contributed by atoms with Gasteiger partial charge in [-0.2, -0.15) is 0 Å². The minimum absolute atomic E-state index is 0.173. The molecule has 0 radical (unpaired) electrons. The third-order valence-electron chi connectivity index (χ3n) is 2.60. The molecule has 0 saturated carbocycles. The maximum Gasteiger partial charge on any atom is 0.321 e. The van der Waals surface area contributed by atoms with Gasteiger partial charge in [0.2, 0.25) is 5.91 Å². The Balaban J connectivity index is 4.10. The van der Waals surface area contributed by atoms with Crippen molar-refractivity contribution in [2.45, 2.75) is 20.3 Å². The summed E-state index contributed by atoms with van der Waals surface area (Å²) in [4.78, 5) is 35.2. The number of aliphatic carboxylic acids is 1. The minimum atomic E-state index is -1.04. The molecule has 8 nitrogen and oxygen atoms in total. The number of imide groups is 1. The summed E-state index contributed by atoms with van der Waals surface area (Å²) in [5, 5.41) is 13.5. The van der Waals surface area contributed by atoms with E-state index in [0.717, 1.165) is 6.42 Å². The average Bonchev–Trinajstić information content (AvgIpc) is 2.34. The van der Waals surface area contributed by atoms with Crippen LogP contribution in [0, 0.1) is 5.92 Å². The standard InChI is InChI=1S/C13H25N3O5/c1-10(2)4-5-14-13(20)15-11(17)8-16(6-7-21-3)9-12(18)19/h10H,4-9H2,1-3H3,(H,18,19)(H2,14,15,17,20). The smallest absolute Gasteiger partial charge is 0.321 e. The van der Waals surface area contributed by atoms with Crippen molar-refractivity contribution in [2.75, 3.05) is 39.9 Å². The van der Waals surface area contributed by atoms with Gasteiger partial charge >= 0.3 is 12.0 Å². The van der Waals surface area contributed by atoms with E-state index in [1.54, 1.807) is 0 Å². The van der Waals surface area contributed by atoms with Crippen LogP contribution in [0.4, 0.5) is 4.79 Å². The van der Waals surface area contributed by atoms with E-state index in [-0.39, 0.29) is 13.1 Å². The van der Waals surface area contributed by atoms with Crippen molar-refractivity contribution in [1.29, 1.82) is 0 Å². The second-order valence-corrected chi connectivity index (χ2v) is 5.08. The summed E-state index contributed by atoms with van der Waals surface area (Å²) in [5.41, 5.74) is 0. The van der Waals surface area contributed by atoms with Crippen LogP contribution in [0.3, 0.4) is 0 Å². The van der Waals surface area contributed by atoms with Crippen LogP contribution in [0.15, 0.2) is 0 Å². The second kappa shape index (κ2) is 11.0. The monoisotopic (exact) mass is 303 g/mol. The molecule has 0 unspecified atom stereocenters. The average molecular weight is 303 g/mol. The van der Waals surface area contributed by atoms with Gasteiger partial charge in [0, 0.05) is 20.2 Å². The molecule has 0 fully saturated rings. The Morgan fingerprint density at radius 3 is 2.43 bits per heavy atom. The van der Waals surface area contributed by atoms with Gasteiger partial charge < -0.3 is 15.2 Å². The highest BCUT2D eigenvalue weighted by atomic mass is 16.5. The number of hydrogen-bond acceptors (Lipinski definition) is 5. The lowest BCUT2D eigenvalue weighted by molar-refractivity contribution is -0.138. The van der Waals surface area contributed by atoms with Crippen molar-refractivity contribution in [1.82, 2.24) is 15.5 Å². The molecular weight excluding hydrogens is 278 g/mol. The van der Waals surface area contributed by atoms with E-state index in [2.05, 4.69) is 10.6 Å². The van der Waals surface area contributed by atoms with Gasteiger partial charge in [-0.05, 0) is 12.3 Å². The van der Waals surface area contributed by atoms with Crippen LogP contribution < -0.4 is 10.6 Å². The van der Waals surface area contributed by atoms with Gasteiger partial charge in [0.05, 0.1) is 19.7 Å². The summed E-state index contributed by atoms with van der Waals surface area (Å²) >= 11 is 0. The molecule has 0 spiro atoms.